The lowest BCUT2D eigenvalue weighted by molar-refractivity contribution is 0.296. The molecular weight excluding hydrogens is 340 g/mol. The molecule has 3 rings (SSSR count). The standard InChI is InChI=1S/C21H28N4O2/c1-15-7-10-17(19(11-15)27-14-16-8-9-16)12-23-21(22-2)24-13-18-5-4-6-20(25-18)26-3/h4-7,10-11,16H,8-9,12-14H2,1-3H3,(H2,22,23,24). The number of hydrogen-bond acceptors (Lipinski definition) is 4. The van der Waals surface area contributed by atoms with E-state index >= 15 is 0 Å². The number of hydrogen-bond donors (Lipinski definition) is 2. The quantitative estimate of drug-likeness (QED) is 0.554. The zero-order valence-corrected chi connectivity index (χ0v) is 16.3. The Labute approximate surface area is 161 Å². The Morgan fingerprint density at radius 3 is 2.74 bits per heavy atom. The Balaban J connectivity index is 1.55. The number of aryl methyl sites for hydroxylation is 1. The molecule has 27 heavy (non-hydrogen) atoms. The fourth-order valence-corrected chi connectivity index (χ4v) is 2.68. The van der Waals surface area contributed by atoms with Gasteiger partial charge < -0.3 is 20.1 Å². The number of rotatable bonds is 8. The monoisotopic (exact) mass is 368 g/mol. The van der Waals surface area contributed by atoms with Crippen molar-refractivity contribution in [2.24, 2.45) is 10.9 Å². The lowest BCUT2D eigenvalue weighted by Gasteiger charge is -2.15. The molecule has 0 saturated heterocycles. The van der Waals surface area contributed by atoms with Gasteiger partial charge in [0.1, 0.15) is 5.75 Å². The number of aromatic nitrogens is 1. The molecule has 1 fully saturated rings. The highest BCUT2D eigenvalue weighted by Gasteiger charge is 2.22. The molecule has 1 aliphatic carbocycles. The zero-order valence-electron chi connectivity index (χ0n) is 16.3. The van der Waals surface area contributed by atoms with Crippen LogP contribution in [-0.2, 0) is 13.1 Å². The molecule has 0 bridgehead atoms. The van der Waals surface area contributed by atoms with Gasteiger partial charge in [-0.3, -0.25) is 4.99 Å². The van der Waals surface area contributed by atoms with E-state index in [1.165, 1.54) is 18.4 Å². The Morgan fingerprint density at radius 1 is 1.19 bits per heavy atom. The number of guanidine groups is 1. The highest BCUT2D eigenvalue weighted by atomic mass is 16.5. The summed E-state index contributed by atoms with van der Waals surface area (Å²) in [6, 6.07) is 12.0. The van der Waals surface area contributed by atoms with Crippen molar-refractivity contribution < 1.29 is 9.47 Å². The Kier molecular flexibility index (Phi) is 6.52. The molecule has 6 heteroatoms. The first-order valence-corrected chi connectivity index (χ1v) is 9.34. The van der Waals surface area contributed by atoms with Gasteiger partial charge in [-0.1, -0.05) is 18.2 Å². The summed E-state index contributed by atoms with van der Waals surface area (Å²) in [6.07, 6.45) is 2.57. The molecule has 0 unspecified atom stereocenters. The molecule has 1 heterocycles. The number of aliphatic imine (C=N–C) groups is 1. The van der Waals surface area contributed by atoms with Crippen molar-refractivity contribution in [3.8, 4) is 11.6 Å². The summed E-state index contributed by atoms with van der Waals surface area (Å²) in [7, 11) is 3.37. The summed E-state index contributed by atoms with van der Waals surface area (Å²) in [5.41, 5.74) is 3.22. The SMILES string of the molecule is CN=C(NCc1cccc(OC)n1)NCc1ccc(C)cc1OCC1CC1. The molecule has 0 spiro atoms. The molecule has 1 aliphatic rings. The third kappa shape index (κ3) is 5.88. The molecule has 0 atom stereocenters. The van der Waals surface area contributed by atoms with E-state index in [0.29, 0.717) is 24.9 Å². The van der Waals surface area contributed by atoms with Gasteiger partial charge in [-0.2, -0.15) is 0 Å². The third-order valence-corrected chi connectivity index (χ3v) is 4.49. The average Bonchev–Trinajstić information content (AvgIpc) is 3.52. The predicted molar refractivity (Wildman–Crippen MR) is 107 cm³/mol. The summed E-state index contributed by atoms with van der Waals surface area (Å²) in [4.78, 5) is 8.69. The van der Waals surface area contributed by atoms with Crippen molar-refractivity contribution >= 4 is 5.96 Å². The van der Waals surface area contributed by atoms with Crippen LogP contribution in [0.3, 0.4) is 0 Å². The van der Waals surface area contributed by atoms with E-state index in [1.807, 2.05) is 18.2 Å². The summed E-state index contributed by atoms with van der Waals surface area (Å²) in [6.45, 7) is 4.11. The van der Waals surface area contributed by atoms with Crippen LogP contribution in [0.5, 0.6) is 11.6 Å². The lowest BCUT2D eigenvalue weighted by atomic mass is 10.1. The molecule has 0 radical (unpaired) electrons. The van der Waals surface area contributed by atoms with Crippen LogP contribution >= 0.6 is 0 Å². The molecule has 0 aliphatic heterocycles. The molecule has 1 aromatic carbocycles. The van der Waals surface area contributed by atoms with Gasteiger partial charge in [-0.15, -0.1) is 0 Å². The highest BCUT2D eigenvalue weighted by molar-refractivity contribution is 5.79. The van der Waals surface area contributed by atoms with Crippen LogP contribution in [-0.4, -0.2) is 31.7 Å². The summed E-state index contributed by atoms with van der Waals surface area (Å²) < 4.78 is 11.2. The van der Waals surface area contributed by atoms with E-state index in [9.17, 15) is 0 Å². The zero-order chi connectivity index (χ0) is 19.1. The maximum absolute atomic E-state index is 6.04. The van der Waals surface area contributed by atoms with Gasteiger partial charge in [0.25, 0.3) is 0 Å². The van der Waals surface area contributed by atoms with Crippen molar-refractivity contribution in [3.05, 3.63) is 53.2 Å². The van der Waals surface area contributed by atoms with Gasteiger partial charge in [0.15, 0.2) is 5.96 Å². The number of methoxy groups -OCH3 is 1. The number of benzene rings is 1. The number of nitrogens with zero attached hydrogens (tertiary/aromatic N) is 2. The van der Waals surface area contributed by atoms with E-state index in [2.05, 4.69) is 45.7 Å². The van der Waals surface area contributed by atoms with Gasteiger partial charge in [0.05, 0.1) is 26.0 Å². The fourth-order valence-electron chi connectivity index (χ4n) is 2.68. The van der Waals surface area contributed by atoms with E-state index in [-0.39, 0.29) is 0 Å². The van der Waals surface area contributed by atoms with E-state index < -0.39 is 0 Å². The molecule has 2 aromatic rings. The summed E-state index contributed by atoms with van der Waals surface area (Å²) in [5.74, 6) is 3.01. The summed E-state index contributed by atoms with van der Waals surface area (Å²) in [5, 5.41) is 6.63. The second-order valence-electron chi connectivity index (χ2n) is 6.82. The number of nitrogens with one attached hydrogen (secondary N) is 2. The highest BCUT2D eigenvalue weighted by Crippen LogP contribution is 2.30. The minimum atomic E-state index is 0.565. The van der Waals surface area contributed by atoms with Gasteiger partial charge >= 0.3 is 0 Å². The van der Waals surface area contributed by atoms with Crippen LogP contribution in [0.1, 0.15) is 29.7 Å². The van der Waals surface area contributed by atoms with E-state index in [4.69, 9.17) is 9.47 Å². The van der Waals surface area contributed by atoms with Gasteiger partial charge in [-0.05, 0) is 43.4 Å². The molecule has 1 saturated carbocycles. The van der Waals surface area contributed by atoms with Crippen molar-refractivity contribution in [1.29, 1.82) is 0 Å². The number of ether oxygens (including phenoxy) is 2. The van der Waals surface area contributed by atoms with Crippen LogP contribution < -0.4 is 20.1 Å². The van der Waals surface area contributed by atoms with Crippen LogP contribution in [0.2, 0.25) is 0 Å². The first kappa shape index (κ1) is 19.0. The minimum absolute atomic E-state index is 0.565. The summed E-state index contributed by atoms with van der Waals surface area (Å²) >= 11 is 0. The Hall–Kier alpha value is -2.76. The first-order chi connectivity index (χ1) is 13.2. The Morgan fingerprint density at radius 2 is 2.00 bits per heavy atom. The van der Waals surface area contributed by atoms with E-state index in [0.717, 1.165) is 29.5 Å². The molecule has 0 amide bonds. The van der Waals surface area contributed by atoms with Crippen LogP contribution in [0.25, 0.3) is 0 Å². The normalized spacial score (nSPS) is 14.0. The van der Waals surface area contributed by atoms with Crippen LogP contribution in [0.4, 0.5) is 0 Å². The number of pyridine rings is 1. The Bertz CT molecular complexity index is 788. The van der Waals surface area contributed by atoms with Gasteiger partial charge in [0.2, 0.25) is 5.88 Å². The first-order valence-electron chi connectivity index (χ1n) is 9.34. The predicted octanol–water partition coefficient (Wildman–Crippen LogP) is 3.05. The largest absolute Gasteiger partial charge is 0.493 e. The topological polar surface area (TPSA) is 67.8 Å². The minimum Gasteiger partial charge on any atom is -0.493 e. The molecular formula is C21H28N4O2. The van der Waals surface area contributed by atoms with Crippen molar-refractivity contribution in [2.45, 2.75) is 32.9 Å². The average molecular weight is 368 g/mol. The smallest absolute Gasteiger partial charge is 0.213 e. The second-order valence-corrected chi connectivity index (χ2v) is 6.82. The van der Waals surface area contributed by atoms with Crippen molar-refractivity contribution in [2.75, 3.05) is 20.8 Å². The maximum Gasteiger partial charge on any atom is 0.213 e. The molecule has 6 nitrogen and oxygen atoms in total. The van der Waals surface area contributed by atoms with E-state index in [1.54, 1.807) is 14.2 Å². The van der Waals surface area contributed by atoms with Gasteiger partial charge in [-0.25, -0.2) is 4.98 Å². The van der Waals surface area contributed by atoms with Crippen LogP contribution in [0, 0.1) is 12.8 Å². The molecule has 2 N–H and O–H groups in total. The molecule has 1 aromatic heterocycles. The van der Waals surface area contributed by atoms with Crippen molar-refractivity contribution in [3.63, 3.8) is 0 Å². The third-order valence-electron chi connectivity index (χ3n) is 4.49. The van der Waals surface area contributed by atoms with Gasteiger partial charge in [0, 0.05) is 25.2 Å². The maximum atomic E-state index is 6.04. The lowest BCUT2D eigenvalue weighted by Crippen LogP contribution is -2.36. The van der Waals surface area contributed by atoms with Crippen molar-refractivity contribution in [1.82, 2.24) is 15.6 Å². The fraction of sp³-hybridized carbons (Fsp3) is 0.429. The van der Waals surface area contributed by atoms with Crippen LogP contribution in [0.15, 0.2) is 41.4 Å². The molecule has 144 valence electrons. The second kappa shape index (κ2) is 9.26.